The van der Waals surface area contributed by atoms with Crippen LogP contribution in [0, 0.1) is 11.3 Å². The predicted octanol–water partition coefficient (Wildman–Crippen LogP) is 3.15. The van der Waals surface area contributed by atoms with Gasteiger partial charge in [0.25, 0.3) is 0 Å². The summed E-state index contributed by atoms with van der Waals surface area (Å²) < 4.78 is 0. The monoisotopic (exact) mass is 183 g/mol. The molecule has 0 atom stereocenters. The summed E-state index contributed by atoms with van der Waals surface area (Å²) in [5.41, 5.74) is 0.650. The first-order valence-corrected chi connectivity index (χ1v) is 5.78. The van der Waals surface area contributed by atoms with Crippen LogP contribution in [0.5, 0.6) is 0 Å². The van der Waals surface area contributed by atoms with Gasteiger partial charge in [0.15, 0.2) is 0 Å². The van der Waals surface area contributed by atoms with Crippen LogP contribution in [-0.2, 0) is 0 Å². The van der Waals surface area contributed by atoms with Gasteiger partial charge in [-0.2, -0.15) is 0 Å². The summed E-state index contributed by atoms with van der Waals surface area (Å²) in [7, 11) is 2.22. The Morgan fingerprint density at radius 1 is 1.23 bits per heavy atom. The minimum atomic E-state index is 0.650. The molecule has 1 fully saturated rings. The summed E-state index contributed by atoms with van der Waals surface area (Å²) in [4.78, 5) is 2.42. The highest BCUT2D eigenvalue weighted by Crippen LogP contribution is 2.35. The number of hydrogen-bond donors (Lipinski definition) is 0. The molecule has 13 heavy (non-hydrogen) atoms. The molecule has 0 aromatic rings. The number of rotatable bonds is 5. The van der Waals surface area contributed by atoms with Gasteiger partial charge >= 0.3 is 0 Å². The zero-order valence-electron chi connectivity index (χ0n) is 9.77. The Morgan fingerprint density at radius 3 is 2.15 bits per heavy atom. The first-order valence-electron chi connectivity index (χ1n) is 5.78. The second-order valence-electron chi connectivity index (χ2n) is 5.20. The van der Waals surface area contributed by atoms with E-state index in [2.05, 4.69) is 32.7 Å². The van der Waals surface area contributed by atoms with Crippen LogP contribution in [0.3, 0.4) is 0 Å². The van der Waals surface area contributed by atoms with Gasteiger partial charge in [-0.3, -0.25) is 0 Å². The van der Waals surface area contributed by atoms with Gasteiger partial charge in [-0.05, 0) is 31.2 Å². The third-order valence-electron chi connectivity index (χ3n) is 3.61. The molecule has 1 heteroatoms. The lowest BCUT2D eigenvalue weighted by Gasteiger charge is -2.47. The Hall–Kier alpha value is -0.0400. The van der Waals surface area contributed by atoms with Crippen LogP contribution < -0.4 is 0 Å². The van der Waals surface area contributed by atoms with Crippen LogP contribution in [0.4, 0.5) is 0 Å². The number of nitrogens with zero attached hydrogens (tertiary/aromatic N) is 1. The first-order chi connectivity index (χ1) is 6.09. The van der Waals surface area contributed by atoms with Crippen LogP contribution in [0.25, 0.3) is 0 Å². The molecule has 0 aromatic carbocycles. The zero-order valence-corrected chi connectivity index (χ0v) is 9.77. The van der Waals surface area contributed by atoms with Crippen LogP contribution in [-0.4, -0.2) is 25.0 Å². The third kappa shape index (κ3) is 2.98. The van der Waals surface area contributed by atoms with E-state index >= 15 is 0 Å². The molecule has 1 rings (SSSR count). The van der Waals surface area contributed by atoms with Crippen LogP contribution in [0.2, 0.25) is 0 Å². The second kappa shape index (κ2) is 4.45. The molecular formula is C12H25N. The molecule has 0 unspecified atom stereocenters. The molecule has 1 aliphatic rings. The van der Waals surface area contributed by atoms with Crippen LogP contribution in [0.15, 0.2) is 0 Å². The average molecular weight is 183 g/mol. The van der Waals surface area contributed by atoms with E-state index in [0.717, 1.165) is 5.92 Å². The van der Waals surface area contributed by atoms with Gasteiger partial charge in [0, 0.05) is 13.1 Å². The smallest absolute Gasteiger partial charge is 0.00448 e. The molecule has 78 valence electrons. The largest absolute Gasteiger partial charge is 0.305 e. The van der Waals surface area contributed by atoms with E-state index in [0.29, 0.717) is 5.41 Å². The molecule has 0 amide bonds. The fourth-order valence-electron chi connectivity index (χ4n) is 2.66. The lowest BCUT2D eigenvalue weighted by molar-refractivity contribution is 0.0258. The molecule has 0 radical (unpaired) electrons. The maximum absolute atomic E-state index is 2.44. The molecule has 0 spiro atoms. The zero-order chi connectivity index (χ0) is 9.90. The Bertz CT molecular complexity index is 143. The van der Waals surface area contributed by atoms with Gasteiger partial charge in [0.05, 0.1) is 0 Å². The maximum atomic E-state index is 2.44. The van der Waals surface area contributed by atoms with Crippen molar-refractivity contribution in [1.29, 1.82) is 0 Å². The Labute approximate surface area is 83.5 Å². The molecule has 0 saturated carbocycles. The van der Waals surface area contributed by atoms with Gasteiger partial charge in [0.2, 0.25) is 0 Å². The summed E-state index contributed by atoms with van der Waals surface area (Å²) in [6.45, 7) is 9.71. The highest BCUT2D eigenvalue weighted by Gasteiger charge is 2.35. The minimum absolute atomic E-state index is 0.650. The van der Waals surface area contributed by atoms with Crippen LogP contribution >= 0.6 is 0 Å². The van der Waals surface area contributed by atoms with Gasteiger partial charge < -0.3 is 4.90 Å². The lowest BCUT2D eigenvalue weighted by atomic mass is 9.76. The SMILES string of the molecule is CCC(CC)CCC1(C)CN(C)C1. The quantitative estimate of drug-likeness (QED) is 0.633. The minimum Gasteiger partial charge on any atom is -0.305 e. The summed E-state index contributed by atoms with van der Waals surface area (Å²) in [5, 5.41) is 0. The maximum Gasteiger partial charge on any atom is 0.00448 e. The van der Waals surface area contributed by atoms with Gasteiger partial charge in [-0.1, -0.05) is 33.6 Å². The van der Waals surface area contributed by atoms with Crippen LogP contribution in [0.1, 0.15) is 46.5 Å². The summed E-state index contributed by atoms with van der Waals surface area (Å²) in [5.74, 6) is 0.975. The first kappa shape index (κ1) is 11.0. The van der Waals surface area contributed by atoms with Crippen molar-refractivity contribution in [3.8, 4) is 0 Å². The van der Waals surface area contributed by atoms with E-state index in [1.54, 1.807) is 0 Å². The molecule has 1 heterocycles. The van der Waals surface area contributed by atoms with Crippen molar-refractivity contribution in [2.45, 2.75) is 46.5 Å². The summed E-state index contributed by atoms with van der Waals surface area (Å²) in [6, 6.07) is 0. The van der Waals surface area contributed by atoms with Gasteiger partial charge in [0.1, 0.15) is 0 Å². The van der Waals surface area contributed by atoms with Crippen molar-refractivity contribution >= 4 is 0 Å². The van der Waals surface area contributed by atoms with Crippen molar-refractivity contribution < 1.29 is 0 Å². The molecule has 0 aliphatic carbocycles. The number of likely N-dealkylation sites (tertiary alicyclic amines) is 1. The van der Waals surface area contributed by atoms with Gasteiger partial charge in [-0.15, -0.1) is 0 Å². The predicted molar refractivity (Wildman–Crippen MR) is 58.9 cm³/mol. The second-order valence-corrected chi connectivity index (χ2v) is 5.20. The Kier molecular flexibility index (Phi) is 3.78. The van der Waals surface area contributed by atoms with Crippen molar-refractivity contribution in [2.24, 2.45) is 11.3 Å². The highest BCUT2D eigenvalue weighted by molar-refractivity contribution is 4.89. The molecule has 0 bridgehead atoms. The Balaban J connectivity index is 2.18. The molecule has 0 aromatic heterocycles. The van der Waals surface area contributed by atoms with Gasteiger partial charge in [-0.25, -0.2) is 0 Å². The summed E-state index contributed by atoms with van der Waals surface area (Å²) >= 11 is 0. The van der Waals surface area contributed by atoms with Crippen molar-refractivity contribution in [1.82, 2.24) is 4.90 Å². The number of hydrogen-bond acceptors (Lipinski definition) is 1. The van der Waals surface area contributed by atoms with E-state index < -0.39 is 0 Å². The van der Waals surface area contributed by atoms with E-state index in [9.17, 15) is 0 Å². The fourth-order valence-corrected chi connectivity index (χ4v) is 2.66. The average Bonchev–Trinajstić information content (AvgIpc) is 2.04. The van der Waals surface area contributed by atoms with Crippen molar-refractivity contribution in [3.05, 3.63) is 0 Å². The van der Waals surface area contributed by atoms with Crippen molar-refractivity contribution in [3.63, 3.8) is 0 Å². The van der Waals surface area contributed by atoms with E-state index in [1.807, 2.05) is 0 Å². The summed E-state index contributed by atoms with van der Waals surface area (Å²) in [6.07, 6.45) is 5.60. The highest BCUT2D eigenvalue weighted by atomic mass is 15.2. The molecule has 0 N–H and O–H groups in total. The fraction of sp³-hybridized carbons (Fsp3) is 1.00. The van der Waals surface area contributed by atoms with E-state index in [-0.39, 0.29) is 0 Å². The molecular weight excluding hydrogens is 158 g/mol. The standard InChI is InChI=1S/C12H25N/c1-5-11(6-2)7-8-12(3)9-13(4)10-12/h11H,5-10H2,1-4H3. The normalized spacial score (nSPS) is 21.9. The molecule has 1 aliphatic heterocycles. The molecule has 1 saturated heterocycles. The molecule has 1 nitrogen and oxygen atoms in total. The topological polar surface area (TPSA) is 3.24 Å². The third-order valence-corrected chi connectivity index (χ3v) is 3.61. The lowest BCUT2D eigenvalue weighted by Crippen LogP contribution is -2.52. The van der Waals surface area contributed by atoms with E-state index in [1.165, 1.54) is 38.8 Å². The van der Waals surface area contributed by atoms with E-state index in [4.69, 9.17) is 0 Å². The Morgan fingerprint density at radius 2 is 1.77 bits per heavy atom. The van der Waals surface area contributed by atoms with Crippen molar-refractivity contribution in [2.75, 3.05) is 20.1 Å².